The zero-order chi connectivity index (χ0) is 13.8. The summed E-state index contributed by atoms with van der Waals surface area (Å²) in [5.74, 6) is 0. The number of nitrogens with zero attached hydrogens (tertiary/aromatic N) is 1. The minimum Gasteiger partial charge on any atom is -0.395 e. The SMILES string of the molecule is CSc1cc(-c2ccc(Br)cc2)n(CCO)c(=O)c1. The Kier molecular flexibility index (Phi) is 4.85. The molecule has 0 saturated heterocycles. The van der Waals surface area contributed by atoms with E-state index in [4.69, 9.17) is 5.11 Å². The van der Waals surface area contributed by atoms with Crippen molar-refractivity contribution in [3.05, 3.63) is 51.2 Å². The molecule has 0 fully saturated rings. The molecule has 19 heavy (non-hydrogen) atoms. The molecule has 0 spiro atoms. The van der Waals surface area contributed by atoms with Crippen LogP contribution in [0.1, 0.15) is 0 Å². The maximum Gasteiger partial charge on any atom is 0.252 e. The number of benzene rings is 1. The highest BCUT2D eigenvalue weighted by Crippen LogP contribution is 2.24. The Labute approximate surface area is 124 Å². The highest BCUT2D eigenvalue weighted by Gasteiger charge is 2.08. The lowest BCUT2D eigenvalue weighted by atomic mass is 10.1. The molecule has 0 aliphatic heterocycles. The maximum atomic E-state index is 12.1. The molecule has 1 heterocycles. The minimum absolute atomic E-state index is 0.0535. The van der Waals surface area contributed by atoms with Gasteiger partial charge in [-0.1, -0.05) is 28.1 Å². The molecule has 0 atom stereocenters. The van der Waals surface area contributed by atoms with Crippen molar-refractivity contribution in [2.75, 3.05) is 12.9 Å². The van der Waals surface area contributed by atoms with E-state index in [2.05, 4.69) is 15.9 Å². The highest BCUT2D eigenvalue weighted by molar-refractivity contribution is 9.10. The van der Waals surface area contributed by atoms with Gasteiger partial charge in [-0.05, 0) is 30.0 Å². The van der Waals surface area contributed by atoms with Gasteiger partial charge >= 0.3 is 0 Å². The smallest absolute Gasteiger partial charge is 0.252 e. The molecule has 5 heteroatoms. The van der Waals surface area contributed by atoms with Crippen molar-refractivity contribution in [1.82, 2.24) is 4.57 Å². The molecule has 2 rings (SSSR count). The molecule has 0 saturated carbocycles. The van der Waals surface area contributed by atoms with Crippen LogP contribution >= 0.6 is 27.7 Å². The summed E-state index contributed by atoms with van der Waals surface area (Å²) in [4.78, 5) is 13.0. The molecule has 100 valence electrons. The fraction of sp³-hybridized carbons (Fsp3) is 0.214. The second kappa shape index (κ2) is 6.41. The van der Waals surface area contributed by atoms with Gasteiger partial charge in [-0.2, -0.15) is 0 Å². The molecule has 1 N–H and O–H groups in total. The van der Waals surface area contributed by atoms with E-state index in [9.17, 15) is 4.79 Å². The molecule has 0 bridgehead atoms. The third-order valence-corrected chi connectivity index (χ3v) is 4.04. The lowest BCUT2D eigenvalue weighted by Gasteiger charge is -2.13. The molecular weight excluding hydrogens is 326 g/mol. The van der Waals surface area contributed by atoms with Crippen LogP contribution in [-0.2, 0) is 6.54 Å². The molecule has 0 aliphatic carbocycles. The fourth-order valence-corrected chi connectivity index (χ4v) is 2.59. The maximum absolute atomic E-state index is 12.1. The third-order valence-electron chi connectivity index (χ3n) is 2.80. The summed E-state index contributed by atoms with van der Waals surface area (Å²) in [5, 5.41) is 9.11. The van der Waals surface area contributed by atoms with Crippen LogP contribution in [0.4, 0.5) is 0 Å². The van der Waals surface area contributed by atoms with Gasteiger partial charge in [-0.15, -0.1) is 11.8 Å². The van der Waals surface area contributed by atoms with Crippen molar-refractivity contribution in [2.24, 2.45) is 0 Å². The number of hydrogen-bond donors (Lipinski definition) is 1. The van der Waals surface area contributed by atoms with Crippen molar-refractivity contribution in [3.8, 4) is 11.3 Å². The van der Waals surface area contributed by atoms with E-state index in [0.29, 0.717) is 6.54 Å². The van der Waals surface area contributed by atoms with Gasteiger partial charge in [0, 0.05) is 22.0 Å². The Morgan fingerprint density at radius 1 is 1.26 bits per heavy atom. The van der Waals surface area contributed by atoms with Crippen LogP contribution in [0.25, 0.3) is 11.3 Å². The van der Waals surface area contributed by atoms with Crippen molar-refractivity contribution >= 4 is 27.7 Å². The van der Waals surface area contributed by atoms with Crippen LogP contribution in [0.5, 0.6) is 0 Å². The highest BCUT2D eigenvalue weighted by atomic mass is 79.9. The minimum atomic E-state index is -0.0844. The first-order valence-corrected chi connectivity index (χ1v) is 7.83. The van der Waals surface area contributed by atoms with Gasteiger partial charge in [0.25, 0.3) is 5.56 Å². The molecule has 0 aliphatic rings. The quantitative estimate of drug-likeness (QED) is 0.870. The predicted molar refractivity (Wildman–Crippen MR) is 82.7 cm³/mol. The van der Waals surface area contributed by atoms with Crippen molar-refractivity contribution < 1.29 is 5.11 Å². The summed E-state index contributed by atoms with van der Waals surface area (Å²) in [6, 6.07) is 11.4. The number of aromatic nitrogens is 1. The number of hydrogen-bond acceptors (Lipinski definition) is 3. The predicted octanol–water partition coefficient (Wildman–Crippen LogP) is 2.99. The first-order valence-electron chi connectivity index (χ1n) is 5.81. The molecule has 0 unspecified atom stereocenters. The zero-order valence-corrected chi connectivity index (χ0v) is 12.9. The van der Waals surface area contributed by atoms with Gasteiger partial charge < -0.3 is 9.67 Å². The molecule has 0 amide bonds. The molecule has 1 aromatic heterocycles. The van der Waals surface area contributed by atoms with Gasteiger partial charge in [0.1, 0.15) is 0 Å². The summed E-state index contributed by atoms with van der Waals surface area (Å²) < 4.78 is 2.59. The van der Waals surface area contributed by atoms with E-state index in [1.54, 1.807) is 10.6 Å². The Hall–Kier alpha value is -1.04. The second-order valence-corrected chi connectivity index (χ2v) is 5.80. The summed E-state index contributed by atoms with van der Waals surface area (Å²) in [6.45, 7) is 0.251. The summed E-state index contributed by atoms with van der Waals surface area (Å²) >= 11 is 4.93. The molecule has 2 aromatic rings. The summed E-state index contributed by atoms with van der Waals surface area (Å²) in [5.41, 5.74) is 1.71. The van der Waals surface area contributed by atoms with Crippen LogP contribution in [0, 0.1) is 0 Å². The Bertz CT molecular complexity index is 622. The Morgan fingerprint density at radius 3 is 2.53 bits per heavy atom. The number of pyridine rings is 1. The first-order chi connectivity index (χ1) is 9.15. The van der Waals surface area contributed by atoms with Crippen LogP contribution in [0.15, 0.2) is 50.6 Å². The number of rotatable bonds is 4. The van der Waals surface area contributed by atoms with E-state index < -0.39 is 0 Å². The molecule has 1 aromatic carbocycles. The van der Waals surface area contributed by atoms with E-state index in [-0.39, 0.29) is 12.2 Å². The van der Waals surface area contributed by atoms with Gasteiger partial charge in [0.15, 0.2) is 0 Å². The number of aliphatic hydroxyl groups excluding tert-OH is 1. The average Bonchev–Trinajstić information content (AvgIpc) is 2.42. The van der Waals surface area contributed by atoms with Gasteiger partial charge in [0.2, 0.25) is 0 Å². The lowest BCUT2D eigenvalue weighted by Crippen LogP contribution is -2.22. The topological polar surface area (TPSA) is 42.2 Å². The van der Waals surface area contributed by atoms with Gasteiger partial charge in [0.05, 0.1) is 12.3 Å². The van der Waals surface area contributed by atoms with E-state index in [1.807, 2.05) is 36.6 Å². The fourth-order valence-electron chi connectivity index (χ4n) is 1.88. The molecule has 3 nitrogen and oxygen atoms in total. The second-order valence-electron chi connectivity index (χ2n) is 4.00. The number of aliphatic hydroxyl groups is 1. The number of thioether (sulfide) groups is 1. The van der Waals surface area contributed by atoms with Gasteiger partial charge in [-0.3, -0.25) is 4.79 Å². The van der Waals surface area contributed by atoms with Crippen molar-refractivity contribution in [2.45, 2.75) is 11.4 Å². The Morgan fingerprint density at radius 2 is 1.95 bits per heavy atom. The first kappa shape index (κ1) is 14.4. The Balaban J connectivity index is 2.61. The van der Waals surface area contributed by atoms with Crippen LogP contribution in [0.2, 0.25) is 0 Å². The van der Waals surface area contributed by atoms with E-state index >= 15 is 0 Å². The van der Waals surface area contributed by atoms with Crippen molar-refractivity contribution in [3.63, 3.8) is 0 Å². The average molecular weight is 340 g/mol. The monoisotopic (exact) mass is 339 g/mol. The zero-order valence-electron chi connectivity index (χ0n) is 10.5. The normalized spacial score (nSPS) is 10.7. The van der Waals surface area contributed by atoms with E-state index in [1.165, 1.54) is 11.8 Å². The van der Waals surface area contributed by atoms with Crippen LogP contribution < -0.4 is 5.56 Å². The molecule has 0 radical (unpaired) electrons. The lowest BCUT2D eigenvalue weighted by molar-refractivity contribution is 0.275. The third kappa shape index (κ3) is 3.29. The van der Waals surface area contributed by atoms with Crippen LogP contribution in [0.3, 0.4) is 0 Å². The summed E-state index contributed by atoms with van der Waals surface area (Å²) in [6.07, 6.45) is 1.94. The largest absolute Gasteiger partial charge is 0.395 e. The van der Waals surface area contributed by atoms with Crippen molar-refractivity contribution in [1.29, 1.82) is 0 Å². The number of halogens is 1. The standard InChI is InChI=1S/C14H14BrNO2S/c1-19-12-8-13(10-2-4-11(15)5-3-10)16(6-7-17)14(18)9-12/h2-5,8-9,17H,6-7H2,1H3. The molecular formula is C14H14BrNO2S. The van der Waals surface area contributed by atoms with E-state index in [0.717, 1.165) is 20.6 Å². The van der Waals surface area contributed by atoms with Gasteiger partial charge in [-0.25, -0.2) is 0 Å². The van der Waals surface area contributed by atoms with Crippen LogP contribution in [-0.4, -0.2) is 22.5 Å². The summed E-state index contributed by atoms with van der Waals surface area (Å²) in [7, 11) is 0.